The summed E-state index contributed by atoms with van der Waals surface area (Å²) in [7, 11) is 1.69. The number of aryl methyl sites for hydroxylation is 1. The van der Waals surface area contributed by atoms with Crippen molar-refractivity contribution in [3.8, 4) is 0 Å². The maximum Gasteiger partial charge on any atom is 0.343 e. The Bertz CT molecular complexity index is 837. The van der Waals surface area contributed by atoms with Crippen LogP contribution in [0.15, 0.2) is 17.1 Å². The summed E-state index contributed by atoms with van der Waals surface area (Å²) in [5, 5.41) is 6.68. The minimum atomic E-state index is -0.259. The molecule has 2 aromatic heterocycles. The Kier molecular flexibility index (Phi) is 3.47. The Morgan fingerprint density at radius 2 is 2.12 bits per heavy atom. The van der Waals surface area contributed by atoms with Crippen molar-refractivity contribution in [2.24, 2.45) is 18.9 Å². The Balaban J connectivity index is 1.72. The number of aromatic nitrogens is 5. The number of carbonyl (C=O) groups is 1. The van der Waals surface area contributed by atoms with Gasteiger partial charge in [0.15, 0.2) is 5.82 Å². The van der Waals surface area contributed by atoms with Gasteiger partial charge in [0, 0.05) is 25.5 Å². The fourth-order valence-corrected chi connectivity index (χ4v) is 3.70. The van der Waals surface area contributed by atoms with Crippen molar-refractivity contribution < 1.29 is 4.79 Å². The second-order valence-corrected chi connectivity index (χ2v) is 6.70. The van der Waals surface area contributed by atoms with Crippen molar-refractivity contribution >= 4 is 5.91 Å². The number of H-pyrrole nitrogens is 1. The topological polar surface area (TPSA) is 96.8 Å². The molecule has 2 aromatic rings. The van der Waals surface area contributed by atoms with Crippen molar-refractivity contribution in [2.75, 3.05) is 6.54 Å². The van der Waals surface area contributed by atoms with Crippen molar-refractivity contribution in [3.05, 3.63) is 40.1 Å². The number of carbonyl (C=O) groups excluding carboxylic acids is 1. The van der Waals surface area contributed by atoms with Crippen LogP contribution in [-0.4, -0.2) is 42.1 Å². The number of hydrogen-bond acceptors (Lipinski definition) is 5. The molecule has 1 amide bonds. The summed E-state index contributed by atoms with van der Waals surface area (Å²) in [6, 6.07) is 1.57. The predicted octanol–water partition coefficient (Wildman–Crippen LogP) is 0.820. The lowest BCUT2D eigenvalue weighted by atomic mass is 9.94. The second-order valence-electron chi connectivity index (χ2n) is 6.70. The molecule has 1 saturated heterocycles. The average Bonchev–Trinajstić information content (AvgIpc) is 3.25. The second kappa shape index (κ2) is 5.54. The largest absolute Gasteiger partial charge is 0.343 e. The minimum absolute atomic E-state index is 0.192. The quantitative estimate of drug-likeness (QED) is 0.900. The van der Waals surface area contributed by atoms with Crippen molar-refractivity contribution in [3.63, 3.8) is 0 Å². The van der Waals surface area contributed by atoms with Crippen LogP contribution in [0, 0.1) is 18.8 Å². The van der Waals surface area contributed by atoms with E-state index in [4.69, 9.17) is 0 Å². The van der Waals surface area contributed by atoms with Gasteiger partial charge in [-0.3, -0.25) is 9.36 Å². The van der Waals surface area contributed by atoms with E-state index < -0.39 is 0 Å². The van der Waals surface area contributed by atoms with E-state index in [9.17, 15) is 9.59 Å². The number of likely N-dealkylation sites (tertiary alicyclic amines) is 1. The highest BCUT2D eigenvalue weighted by Gasteiger charge is 2.48. The SMILES string of the molecule is Cc1ccnc(C(=O)N2CCC(C3CC3)C2c2n[nH]c(=O)n2C)n1. The van der Waals surface area contributed by atoms with Crippen LogP contribution in [0.3, 0.4) is 0 Å². The molecule has 0 bridgehead atoms. The van der Waals surface area contributed by atoms with Crippen LogP contribution < -0.4 is 5.69 Å². The van der Waals surface area contributed by atoms with E-state index in [2.05, 4.69) is 20.2 Å². The van der Waals surface area contributed by atoms with Crippen LogP contribution in [-0.2, 0) is 7.05 Å². The van der Waals surface area contributed by atoms with Gasteiger partial charge >= 0.3 is 5.69 Å². The maximum atomic E-state index is 13.0. The Hall–Kier alpha value is -2.51. The van der Waals surface area contributed by atoms with E-state index in [0.717, 1.165) is 12.1 Å². The summed E-state index contributed by atoms with van der Waals surface area (Å²) in [5.74, 6) is 1.58. The number of rotatable bonds is 3. The number of aromatic amines is 1. The van der Waals surface area contributed by atoms with Gasteiger partial charge in [-0.25, -0.2) is 19.9 Å². The molecule has 2 unspecified atom stereocenters. The first kappa shape index (κ1) is 15.0. The molecule has 4 rings (SSSR count). The van der Waals surface area contributed by atoms with Gasteiger partial charge < -0.3 is 4.90 Å². The molecule has 2 aliphatic rings. The van der Waals surface area contributed by atoms with Crippen molar-refractivity contribution in [2.45, 2.75) is 32.2 Å². The lowest BCUT2D eigenvalue weighted by Gasteiger charge is -2.26. The number of hydrogen-bond donors (Lipinski definition) is 1. The molecule has 1 aliphatic carbocycles. The molecule has 2 atom stereocenters. The summed E-state index contributed by atoms with van der Waals surface area (Å²) in [5.41, 5.74) is 0.501. The molecular formula is C16H20N6O2. The van der Waals surface area contributed by atoms with Crippen LogP contribution in [0.1, 0.15) is 47.4 Å². The normalized spacial score (nSPS) is 23.7. The van der Waals surface area contributed by atoms with Gasteiger partial charge in [-0.05, 0) is 44.1 Å². The van der Waals surface area contributed by atoms with E-state index in [1.165, 1.54) is 17.4 Å². The van der Waals surface area contributed by atoms with Crippen LogP contribution >= 0.6 is 0 Å². The first-order valence-corrected chi connectivity index (χ1v) is 8.28. The molecule has 2 fully saturated rings. The van der Waals surface area contributed by atoms with Gasteiger partial charge in [0.1, 0.15) is 0 Å². The van der Waals surface area contributed by atoms with Crippen molar-refractivity contribution in [1.29, 1.82) is 0 Å². The molecule has 3 heterocycles. The highest BCUT2D eigenvalue weighted by molar-refractivity contribution is 5.91. The first-order chi connectivity index (χ1) is 11.6. The number of amides is 1. The highest BCUT2D eigenvalue weighted by atomic mass is 16.2. The van der Waals surface area contributed by atoms with E-state index in [0.29, 0.717) is 24.2 Å². The lowest BCUT2D eigenvalue weighted by Crippen LogP contribution is -2.35. The van der Waals surface area contributed by atoms with Gasteiger partial charge in [0.25, 0.3) is 5.91 Å². The van der Waals surface area contributed by atoms with E-state index in [1.807, 2.05) is 6.92 Å². The van der Waals surface area contributed by atoms with Gasteiger partial charge in [-0.2, -0.15) is 5.10 Å². The number of nitrogens with one attached hydrogen (secondary N) is 1. The average molecular weight is 328 g/mol. The van der Waals surface area contributed by atoms with Crippen LogP contribution in [0.2, 0.25) is 0 Å². The lowest BCUT2D eigenvalue weighted by molar-refractivity contribution is 0.0688. The summed E-state index contributed by atoms with van der Waals surface area (Å²) in [6.07, 6.45) is 4.89. The molecule has 8 heteroatoms. The molecule has 1 saturated carbocycles. The predicted molar refractivity (Wildman–Crippen MR) is 85.2 cm³/mol. The molecule has 8 nitrogen and oxygen atoms in total. The van der Waals surface area contributed by atoms with Gasteiger partial charge in [0.2, 0.25) is 5.82 Å². The first-order valence-electron chi connectivity index (χ1n) is 8.28. The fourth-order valence-electron chi connectivity index (χ4n) is 3.70. The Morgan fingerprint density at radius 3 is 2.75 bits per heavy atom. The third kappa shape index (κ3) is 2.42. The third-order valence-electron chi connectivity index (χ3n) is 5.10. The molecule has 0 aromatic carbocycles. The van der Waals surface area contributed by atoms with E-state index in [1.54, 1.807) is 24.2 Å². The molecule has 24 heavy (non-hydrogen) atoms. The zero-order valence-corrected chi connectivity index (χ0v) is 13.8. The van der Waals surface area contributed by atoms with Gasteiger partial charge in [0.05, 0.1) is 6.04 Å². The Morgan fingerprint density at radius 1 is 1.33 bits per heavy atom. The molecule has 1 aliphatic heterocycles. The van der Waals surface area contributed by atoms with Crippen molar-refractivity contribution in [1.82, 2.24) is 29.6 Å². The zero-order valence-electron chi connectivity index (χ0n) is 13.8. The van der Waals surface area contributed by atoms with Gasteiger partial charge in [-0.15, -0.1) is 0 Å². The molecule has 126 valence electrons. The maximum absolute atomic E-state index is 13.0. The molecule has 0 radical (unpaired) electrons. The van der Waals surface area contributed by atoms with E-state index >= 15 is 0 Å². The summed E-state index contributed by atoms with van der Waals surface area (Å²) >= 11 is 0. The van der Waals surface area contributed by atoms with Crippen LogP contribution in [0.4, 0.5) is 0 Å². The molecule has 0 spiro atoms. The molecule has 1 N–H and O–H groups in total. The minimum Gasteiger partial charge on any atom is -0.325 e. The zero-order chi connectivity index (χ0) is 16.8. The highest BCUT2D eigenvalue weighted by Crippen LogP contribution is 2.50. The summed E-state index contributed by atoms with van der Waals surface area (Å²) < 4.78 is 1.50. The smallest absolute Gasteiger partial charge is 0.325 e. The number of nitrogens with zero attached hydrogens (tertiary/aromatic N) is 5. The summed E-state index contributed by atoms with van der Waals surface area (Å²) in [4.78, 5) is 34.9. The van der Waals surface area contributed by atoms with Crippen LogP contribution in [0.25, 0.3) is 0 Å². The standard InChI is InChI=1S/C16H20N6O2/c1-9-5-7-17-13(18-9)15(23)22-8-6-11(10-3-4-10)12(22)14-19-20-16(24)21(14)2/h5,7,10-12H,3-4,6,8H2,1-2H3,(H,20,24). The summed E-state index contributed by atoms with van der Waals surface area (Å²) in [6.45, 7) is 2.48. The van der Waals surface area contributed by atoms with E-state index in [-0.39, 0.29) is 23.5 Å². The van der Waals surface area contributed by atoms with Gasteiger partial charge in [-0.1, -0.05) is 0 Å². The fraction of sp³-hybridized carbons (Fsp3) is 0.562. The third-order valence-corrected chi connectivity index (χ3v) is 5.10. The van der Waals surface area contributed by atoms with Crippen LogP contribution in [0.5, 0.6) is 0 Å². The molecular weight excluding hydrogens is 308 g/mol. The monoisotopic (exact) mass is 328 g/mol. The Labute approximate surface area is 138 Å².